The fraction of sp³-hybridized carbons (Fsp3) is 0.0244. The van der Waals surface area contributed by atoms with E-state index >= 15 is 0 Å². The van der Waals surface area contributed by atoms with Crippen molar-refractivity contribution in [2.24, 2.45) is 0 Å². The average molecular weight is 597 g/mol. The lowest BCUT2D eigenvalue weighted by Crippen LogP contribution is -2.01. The largest absolute Gasteiger partial charge is 0.486 e. The molecule has 9 aromatic rings. The number of thiophene rings is 1. The van der Waals surface area contributed by atoms with Crippen molar-refractivity contribution in [2.45, 2.75) is 6.61 Å². The number of benzene rings is 7. The molecule has 0 spiro atoms. The van der Waals surface area contributed by atoms with E-state index in [-0.39, 0.29) is 0 Å². The van der Waals surface area contributed by atoms with Crippen LogP contribution >= 0.6 is 11.3 Å². The second-order valence-electron chi connectivity index (χ2n) is 11.5. The molecular formula is C41H28N2OS. The molecule has 0 aliphatic rings. The van der Waals surface area contributed by atoms with Crippen molar-refractivity contribution in [3.63, 3.8) is 0 Å². The van der Waals surface area contributed by atoms with Crippen molar-refractivity contribution in [3.05, 3.63) is 151 Å². The van der Waals surface area contributed by atoms with Crippen LogP contribution in [0.3, 0.4) is 0 Å². The van der Waals surface area contributed by atoms with Gasteiger partial charge in [-0.2, -0.15) is 0 Å². The SMILES string of the molecule is Nc1cc(-c2ccccc2)c2sc3ccccc3c2c1OCc1ccc(-n2c3ccccc3c3c4ccccc4ccc32)cc1. The molecule has 214 valence electrons. The van der Waals surface area contributed by atoms with Gasteiger partial charge in [-0.05, 0) is 58.3 Å². The molecule has 7 aromatic carbocycles. The van der Waals surface area contributed by atoms with Crippen molar-refractivity contribution in [3.8, 4) is 22.6 Å². The Balaban J connectivity index is 1.11. The van der Waals surface area contributed by atoms with Crippen molar-refractivity contribution in [2.75, 3.05) is 5.73 Å². The second-order valence-corrected chi connectivity index (χ2v) is 12.6. The van der Waals surface area contributed by atoms with E-state index in [1.165, 1.54) is 47.4 Å². The second kappa shape index (κ2) is 10.3. The smallest absolute Gasteiger partial charge is 0.152 e. The summed E-state index contributed by atoms with van der Waals surface area (Å²) in [6.45, 7) is 0.423. The molecule has 9 rings (SSSR count). The van der Waals surface area contributed by atoms with E-state index in [1.54, 1.807) is 11.3 Å². The van der Waals surface area contributed by atoms with Crippen molar-refractivity contribution >= 4 is 69.8 Å². The summed E-state index contributed by atoms with van der Waals surface area (Å²) in [5.74, 6) is 0.750. The molecule has 0 aliphatic carbocycles. The lowest BCUT2D eigenvalue weighted by Gasteiger charge is -2.14. The molecule has 3 nitrogen and oxygen atoms in total. The van der Waals surface area contributed by atoms with Gasteiger partial charge in [0.2, 0.25) is 0 Å². The molecule has 0 unspecified atom stereocenters. The predicted octanol–water partition coefficient (Wildman–Crippen LogP) is 11.1. The van der Waals surface area contributed by atoms with Gasteiger partial charge in [0.15, 0.2) is 5.75 Å². The Morgan fingerprint density at radius 2 is 1.31 bits per heavy atom. The molecule has 0 bridgehead atoms. The number of ether oxygens (including phenoxy) is 1. The summed E-state index contributed by atoms with van der Waals surface area (Å²) < 4.78 is 11.4. The van der Waals surface area contributed by atoms with Crippen molar-refractivity contribution < 1.29 is 4.74 Å². The van der Waals surface area contributed by atoms with Crippen LogP contribution in [0.2, 0.25) is 0 Å². The van der Waals surface area contributed by atoms with Gasteiger partial charge in [-0.25, -0.2) is 0 Å². The topological polar surface area (TPSA) is 40.2 Å². The Kier molecular flexibility index (Phi) is 5.90. The number of hydrogen-bond acceptors (Lipinski definition) is 3. The maximum absolute atomic E-state index is 6.75. The number of anilines is 1. The van der Waals surface area contributed by atoms with E-state index in [9.17, 15) is 0 Å². The Hall–Kier alpha value is -5.58. The first kappa shape index (κ1) is 25.9. The normalized spacial score (nSPS) is 11.7. The molecular weight excluding hydrogens is 569 g/mol. The quantitative estimate of drug-likeness (QED) is 0.201. The van der Waals surface area contributed by atoms with E-state index in [4.69, 9.17) is 10.5 Å². The maximum atomic E-state index is 6.75. The van der Waals surface area contributed by atoms with Gasteiger partial charge in [-0.15, -0.1) is 11.3 Å². The summed E-state index contributed by atoms with van der Waals surface area (Å²) in [6, 6.07) is 51.5. The molecule has 2 aromatic heterocycles. The minimum Gasteiger partial charge on any atom is -0.486 e. The maximum Gasteiger partial charge on any atom is 0.152 e. The van der Waals surface area contributed by atoms with Gasteiger partial charge in [-0.3, -0.25) is 0 Å². The zero-order valence-electron chi connectivity index (χ0n) is 24.4. The van der Waals surface area contributed by atoms with Crippen LogP contribution in [0.5, 0.6) is 5.75 Å². The number of rotatable bonds is 5. The van der Waals surface area contributed by atoms with E-state index in [0.717, 1.165) is 33.5 Å². The van der Waals surface area contributed by atoms with Crippen LogP contribution < -0.4 is 10.5 Å². The molecule has 45 heavy (non-hydrogen) atoms. The number of fused-ring (bicyclic) bond motifs is 8. The zero-order chi connectivity index (χ0) is 29.9. The van der Waals surface area contributed by atoms with Crippen LogP contribution in [0.1, 0.15) is 5.56 Å². The van der Waals surface area contributed by atoms with Gasteiger partial charge in [0, 0.05) is 42.2 Å². The fourth-order valence-corrected chi connectivity index (χ4v) is 8.03. The van der Waals surface area contributed by atoms with Gasteiger partial charge in [0.1, 0.15) is 6.61 Å². The molecule has 0 atom stereocenters. The number of nitrogens with two attached hydrogens (primary N) is 1. The number of hydrogen-bond donors (Lipinski definition) is 1. The summed E-state index contributed by atoms with van der Waals surface area (Å²) in [7, 11) is 0. The monoisotopic (exact) mass is 596 g/mol. The molecule has 0 radical (unpaired) electrons. The minimum atomic E-state index is 0.423. The van der Waals surface area contributed by atoms with Gasteiger partial charge in [0.05, 0.1) is 16.7 Å². The Labute approximate surface area is 264 Å². The molecule has 2 N–H and O–H groups in total. The summed E-state index contributed by atoms with van der Waals surface area (Å²) in [4.78, 5) is 0. The number of nitrogen functional groups attached to an aromatic ring is 1. The molecule has 0 aliphatic heterocycles. The van der Waals surface area contributed by atoms with Crippen LogP contribution in [0, 0.1) is 0 Å². The van der Waals surface area contributed by atoms with Gasteiger partial charge in [0.25, 0.3) is 0 Å². The Morgan fingerprint density at radius 1 is 0.600 bits per heavy atom. The standard InChI is InChI=1S/C41H28N2OS/c42-34-24-33(27-10-2-1-3-11-27)41-39(32-15-7-9-17-37(32)45-41)40(34)44-25-26-18-21-29(22-19-26)43-35-16-8-6-14-31(35)38-30-13-5-4-12-28(30)20-23-36(38)43/h1-24H,25,42H2. The van der Waals surface area contributed by atoms with Crippen molar-refractivity contribution in [1.29, 1.82) is 0 Å². The number of para-hydroxylation sites is 1. The first-order valence-electron chi connectivity index (χ1n) is 15.2. The highest BCUT2D eigenvalue weighted by atomic mass is 32.1. The molecule has 4 heteroatoms. The summed E-state index contributed by atoms with van der Waals surface area (Å²) in [5.41, 5.74) is 14.3. The number of nitrogens with zero attached hydrogens (tertiary/aromatic N) is 1. The fourth-order valence-electron chi connectivity index (χ4n) is 6.79. The molecule has 0 saturated carbocycles. The Bertz CT molecular complexity index is 2540. The van der Waals surface area contributed by atoms with Gasteiger partial charge < -0.3 is 15.0 Å². The van der Waals surface area contributed by atoms with E-state index in [0.29, 0.717) is 12.3 Å². The van der Waals surface area contributed by atoms with Crippen LogP contribution in [-0.2, 0) is 6.61 Å². The van der Waals surface area contributed by atoms with Gasteiger partial charge in [-0.1, -0.05) is 109 Å². The highest BCUT2D eigenvalue weighted by molar-refractivity contribution is 7.26. The lowest BCUT2D eigenvalue weighted by molar-refractivity contribution is 0.312. The average Bonchev–Trinajstić information content (AvgIpc) is 3.65. The summed E-state index contributed by atoms with van der Waals surface area (Å²) >= 11 is 1.79. The number of aromatic nitrogens is 1. The van der Waals surface area contributed by atoms with Crippen molar-refractivity contribution in [1.82, 2.24) is 4.57 Å². The van der Waals surface area contributed by atoms with E-state index < -0.39 is 0 Å². The molecule has 0 amide bonds. The molecule has 2 heterocycles. The highest BCUT2D eigenvalue weighted by Crippen LogP contribution is 2.47. The van der Waals surface area contributed by atoms with Crippen LogP contribution in [-0.4, -0.2) is 4.57 Å². The molecule has 0 saturated heterocycles. The van der Waals surface area contributed by atoms with E-state index in [1.807, 2.05) is 6.07 Å². The third kappa shape index (κ3) is 4.10. The predicted molar refractivity (Wildman–Crippen MR) is 192 cm³/mol. The minimum absolute atomic E-state index is 0.423. The highest BCUT2D eigenvalue weighted by Gasteiger charge is 2.19. The first-order chi connectivity index (χ1) is 22.2. The third-order valence-electron chi connectivity index (χ3n) is 8.85. The Morgan fingerprint density at radius 3 is 2.16 bits per heavy atom. The zero-order valence-corrected chi connectivity index (χ0v) is 25.2. The summed E-state index contributed by atoms with van der Waals surface area (Å²) in [5, 5.41) is 7.34. The summed E-state index contributed by atoms with van der Waals surface area (Å²) in [6.07, 6.45) is 0. The third-order valence-corrected chi connectivity index (χ3v) is 10.1. The molecule has 0 fully saturated rings. The van der Waals surface area contributed by atoms with Crippen LogP contribution in [0.4, 0.5) is 5.69 Å². The van der Waals surface area contributed by atoms with Crippen LogP contribution in [0.25, 0.3) is 69.6 Å². The lowest BCUT2D eigenvalue weighted by atomic mass is 10.0. The van der Waals surface area contributed by atoms with Crippen LogP contribution in [0.15, 0.2) is 146 Å². The van der Waals surface area contributed by atoms with E-state index in [2.05, 4.69) is 144 Å². The van der Waals surface area contributed by atoms with Gasteiger partial charge >= 0.3 is 0 Å². The first-order valence-corrected chi connectivity index (χ1v) is 16.0.